The molecule has 2 aliphatic heterocycles. The average molecular weight is 158 g/mol. The lowest BCUT2D eigenvalue weighted by molar-refractivity contribution is -0.153. The molecule has 0 unspecified atom stereocenters. The molecule has 0 radical (unpaired) electrons. The van der Waals surface area contributed by atoms with Gasteiger partial charge in [-0.1, -0.05) is 0 Å². The van der Waals surface area contributed by atoms with Gasteiger partial charge in [-0.25, -0.2) is 0 Å². The van der Waals surface area contributed by atoms with Crippen LogP contribution in [0.5, 0.6) is 0 Å². The molecule has 2 heterocycles. The summed E-state index contributed by atoms with van der Waals surface area (Å²) in [5.41, 5.74) is 0. The Kier molecular flexibility index (Phi) is 1.23. The minimum atomic E-state index is -0.319. The van der Waals surface area contributed by atoms with Crippen molar-refractivity contribution in [3.63, 3.8) is 0 Å². The van der Waals surface area contributed by atoms with Gasteiger partial charge in [-0.2, -0.15) is 11.8 Å². The highest BCUT2D eigenvalue weighted by atomic mass is 32.2. The lowest BCUT2D eigenvalue weighted by Gasteiger charge is -1.94. The number of hydrogen-bond donors (Lipinski definition) is 0. The summed E-state index contributed by atoms with van der Waals surface area (Å²) in [7, 11) is 0. The van der Waals surface area contributed by atoms with Gasteiger partial charge in [-0.15, -0.1) is 0 Å². The summed E-state index contributed by atoms with van der Waals surface area (Å²) in [5, 5.41) is 0. The fourth-order valence-electron chi connectivity index (χ4n) is 1.27. The quantitative estimate of drug-likeness (QED) is 0.369. The molecule has 2 aliphatic rings. The first-order chi connectivity index (χ1) is 4.79. The number of esters is 2. The second-order valence-corrected chi connectivity index (χ2v) is 3.57. The first kappa shape index (κ1) is 6.22. The second-order valence-electron chi connectivity index (χ2n) is 2.49. The molecule has 0 spiro atoms. The molecule has 0 amide bonds. The number of ether oxygens (including phenoxy) is 1. The molecule has 4 heteroatoms. The van der Waals surface area contributed by atoms with Crippen LogP contribution in [-0.2, 0) is 14.3 Å². The molecule has 0 bridgehead atoms. The van der Waals surface area contributed by atoms with Gasteiger partial charge in [-0.3, -0.25) is 9.59 Å². The van der Waals surface area contributed by atoms with Crippen LogP contribution in [0.2, 0.25) is 0 Å². The first-order valence-corrected chi connectivity index (χ1v) is 4.28. The van der Waals surface area contributed by atoms with Crippen molar-refractivity contribution < 1.29 is 14.3 Å². The van der Waals surface area contributed by atoms with E-state index < -0.39 is 0 Å². The van der Waals surface area contributed by atoms with Crippen LogP contribution in [-0.4, -0.2) is 23.4 Å². The van der Waals surface area contributed by atoms with Crippen molar-refractivity contribution in [2.75, 3.05) is 11.5 Å². The van der Waals surface area contributed by atoms with E-state index in [2.05, 4.69) is 4.74 Å². The van der Waals surface area contributed by atoms with Crippen molar-refractivity contribution in [3.8, 4) is 0 Å². The molecule has 10 heavy (non-hydrogen) atoms. The van der Waals surface area contributed by atoms with Crippen LogP contribution >= 0.6 is 11.8 Å². The highest BCUT2D eigenvalue weighted by Crippen LogP contribution is 2.36. The molecule has 0 aromatic heterocycles. The normalized spacial score (nSPS) is 38.0. The Labute approximate surface area is 62.1 Å². The predicted octanol–water partition coefficient (Wildman–Crippen LogP) is 0.0490. The minimum Gasteiger partial charge on any atom is -0.393 e. The molecule has 0 aliphatic carbocycles. The third-order valence-corrected chi connectivity index (χ3v) is 3.08. The zero-order chi connectivity index (χ0) is 7.14. The van der Waals surface area contributed by atoms with Crippen LogP contribution in [0.25, 0.3) is 0 Å². The van der Waals surface area contributed by atoms with Crippen LogP contribution in [0.15, 0.2) is 0 Å². The number of cyclic esters (lactones) is 2. The van der Waals surface area contributed by atoms with Crippen LogP contribution in [0, 0.1) is 11.8 Å². The molecule has 2 saturated heterocycles. The maximum Gasteiger partial charge on any atom is 0.318 e. The van der Waals surface area contributed by atoms with E-state index in [1.165, 1.54) is 0 Å². The fourth-order valence-corrected chi connectivity index (χ4v) is 2.65. The maximum atomic E-state index is 10.8. The maximum absolute atomic E-state index is 10.8. The second kappa shape index (κ2) is 1.99. The van der Waals surface area contributed by atoms with Crippen LogP contribution < -0.4 is 0 Å². The summed E-state index contributed by atoms with van der Waals surface area (Å²) >= 11 is 1.65. The summed E-state index contributed by atoms with van der Waals surface area (Å²) in [4.78, 5) is 21.6. The summed E-state index contributed by atoms with van der Waals surface area (Å²) in [6, 6.07) is 0. The van der Waals surface area contributed by atoms with Gasteiger partial charge >= 0.3 is 11.9 Å². The molecule has 2 atom stereocenters. The number of carbonyl (C=O) groups excluding carboxylic acids is 2. The van der Waals surface area contributed by atoms with E-state index in [1.54, 1.807) is 11.8 Å². The molecule has 0 aromatic rings. The van der Waals surface area contributed by atoms with Crippen molar-refractivity contribution in [2.45, 2.75) is 0 Å². The first-order valence-electron chi connectivity index (χ1n) is 3.12. The third-order valence-electron chi connectivity index (χ3n) is 1.89. The summed E-state index contributed by atoms with van der Waals surface area (Å²) in [5.74, 6) is 0.625. The van der Waals surface area contributed by atoms with Gasteiger partial charge in [0.25, 0.3) is 0 Å². The summed E-state index contributed by atoms with van der Waals surface area (Å²) < 4.78 is 4.44. The monoisotopic (exact) mass is 158 g/mol. The topological polar surface area (TPSA) is 43.4 Å². The number of hydrogen-bond acceptors (Lipinski definition) is 4. The summed E-state index contributed by atoms with van der Waals surface area (Å²) in [6.07, 6.45) is 0. The van der Waals surface area contributed by atoms with Crippen molar-refractivity contribution in [2.24, 2.45) is 11.8 Å². The standard InChI is InChI=1S/C6H6O3S/c7-5-3-1-10-2-4(3)6(8)9-5/h3-4H,1-2H2/t3-,4+. The molecular weight excluding hydrogens is 152 g/mol. The molecule has 2 fully saturated rings. The van der Waals surface area contributed by atoms with Gasteiger partial charge < -0.3 is 4.74 Å². The van der Waals surface area contributed by atoms with E-state index in [-0.39, 0.29) is 23.8 Å². The molecule has 3 nitrogen and oxygen atoms in total. The highest BCUT2D eigenvalue weighted by molar-refractivity contribution is 7.99. The zero-order valence-corrected chi connectivity index (χ0v) is 6.02. The van der Waals surface area contributed by atoms with Gasteiger partial charge in [0.05, 0.1) is 11.8 Å². The SMILES string of the molecule is O=C1OC(=O)[C@@H]2CSC[C@H]12. The van der Waals surface area contributed by atoms with E-state index in [1.807, 2.05) is 0 Å². The summed E-state index contributed by atoms with van der Waals surface area (Å²) in [6.45, 7) is 0. The molecule has 0 aromatic carbocycles. The largest absolute Gasteiger partial charge is 0.393 e. The van der Waals surface area contributed by atoms with Crippen molar-refractivity contribution in [1.29, 1.82) is 0 Å². The zero-order valence-electron chi connectivity index (χ0n) is 5.20. The molecule has 54 valence electrons. The van der Waals surface area contributed by atoms with Gasteiger partial charge in [-0.05, 0) is 0 Å². The third kappa shape index (κ3) is 0.683. The Balaban J connectivity index is 2.27. The Bertz CT molecular complexity index is 181. The van der Waals surface area contributed by atoms with E-state index >= 15 is 0 Å². The number of thioether (sulfide) groups is 1. The van der Waals surface area contributed by atoms with Gasteiger partial charge in [0.15, 0.2) is 0 Å². The van der Waals surface area contributed by atoms with Crippen molar-refractivity contribution in [3.05, 3.63) is 0 Å². The molecule has 0 saturated carbocycles. The smallest absolute Gasteiger partial charge is 0.318 e. The Morgan fingerprint density at radius 1 is 1.20 bits per heavy atom. The lowest BCUT2D eigenvalue weighted by atomic mass is 10.00. The van der Waals surface area contributed by atoms with Crippen molar-refractivity contribution in [1.82, 2.24) is 0 Å². The number of fused-ring (bicyclic) bond motifs is 1. The number of carbonyl (C=O) groups is 2. The van der Waals surface area contributed by atoms with E-state index in [0.717, 1.165) is 11.5 Å². The molecule has 0 N–H and O–H groups in total. The van der Waals surface area contributed by atoms with Crippen LogP contribution in [0.3, 0.4) is 0 Å². The average Bonchev–Trinajstić information content (AvgIpc) is 2.39. The van der Waals surface area contributed by atoms with Crippen LogP contribution in [0.4, 0.5) is 0 Å². The molecule has 2 rings (SSSR count). The Morgan fingerprint density at radius 2 is 1.70 bits per heavy atom. The van der Waals surface area contributed by atoms with E-state index in [4.69, 9.17) is 0 Å². The predicted molar refractivity (Wildman–Crippen MR) is 35.4 cm³/mol. The van der Waals surface area contributed by atoms with Crippen molar-refractivity contribution >= 4 is 23.7 Å². The fraction of sp³-hybridized carbons (Fsp3) is 0.667. The van der Waals surface area contributed by atoms with Crippen LogP contribution in [0.1, 0.15) is 0 Å². The minimum absolute atomic E-state index is 0.127. The Hall–Kier alpha value is -0.510. The molecular formula is C6H6O3S. The lowest BCUT2D eigenvalue weighted by Crippen LogP contribution is -2.14. The number of rotatable bonds is 0. The van der Waals surface area contributed by atoms with Gasteiger partial charge in [0.2, 0.25) is 0 Å². The van der Waals surface area contributed by atoms with E-state index in [9.17, 15) is 9.59 Å². The van der Waals surface area contributed by atoms with Gasteiger partial charge in [0, 0.05) is 11.5 Å². The Morgan fingerprint density at radius 3 is 2.20 bits per heavy atom. The van der Waals surface area contributed by atoms with E-state index in [0.29, 0.717) is 0 Å². The van der Waals surface area contributed by atoms with Gasteiger partial charge in [0.1, 0.15) is 0 Å². The highest BCUT2D eigenvalue weighted by Gasteiger charge is 2.47.